The van der Waals surface area contributed by atoms with Gasteiger partial charge in [0.25, 0.3) is 0 Å². The summed E-state index contributed by atoms with van der Waals surface area (Å²) in [5, 5.41) is 12.3. The standard InChI is InChI=1S/C15H21N3/c1-18-10-3-2-7-15(18)8-9-17-14-6-4-5-13(11-14)12-16/h4-6,11,15,17H,2-3,7-10H2,1H3. The van der Waals surface area contributed by atoms with Gasteiger partial charge < -0.3 is 10.2 Å². The van der Waals surface area contributed by atoms with E-state index in [1.165, 1.54) is 32.2 Å². The number of nitrogens with one attached hydrogen (secondary N) is 1. The zero-order valence-corrected chi connectivity index (χ0v) is 11.0. The molecule has 0 amide bonds. The van der Waals surface area contributed by atoms with Crippen LogP contribution in [-0.2, 0) is 0 Å². The zero-order valence-electron chi connectivity index (χ0n) is 11.0. The van der Waals surface area contributed by atoms with Crippen LogP contribution in [0.25, 0.3) is 0 Å². The van der Waals surface area contributed by atoms with E-state index in [1.54, 1.807) is 0 Å². The third kappa shape index (κ3) is 3.48. The first-order valence-electron chi connectivity index (χ1n) is 6.74. The number of hydrogen-bond acceptors (Lipinski definition) is 3. The molecular formula is C15H21N3. The van der Waals surface area contributed by atoms with E-state index in [-0.39, 0.29) is 0 Å². The molecule has 1 aromatic carbocycles. The van der Waals surface area contributed by atoms with Gasteiger partial charge in [-0.05, 0) is 51.1 Å². The molecule has 2 rings (SSSR count). The summed E-state index contributed by atoms with van der Waals surface area (Å²) in [6, 6.07) is 10.6. The van der Waals surface area contributed by atoms with Crippen LogP contribution >= 0.6 is 0 Å². The molecule has 96 valence electrons. The summed E-state index contributed by atoms with van der Waals surface area (Å²) >= 11 is 0. The maximum absolute atomic E-state index is 8.84. The molecule has 0 aliphatic carbocycles. The van der Waals surface area contributed by atoms with Crippen molar-refractivity contribution in [2.75, 3.05) is 25.5 Å². The fraction of sp³-hybridized carbons (Fsp3) is 0.533. The molecule has 1 aliphatic heterocycles. The third-order valence-corrected chi connectivity index (χ3v) is 3.72. The van der Waals surface area contributed by atoms with Crippen LogP contribution in [0.3, 0.4) is 0 Å². The average Bonchev–Trinajstić information content (AvgIpc) is 2.41. The van der Waals surface area contributed by atoms with Crippen LogP contribution in [0.2, 0.25) is 0 Å². The first kappa shape index (κ1) is 12.9. The summed E-state index contributed by atoms with van der Waals surface area (Å²) in [7, 11) is 2.22. The van der Waals surface area contributed by atoms with Crippen molar-refractivity contribution in [2.45, 2.75) is 31.7 Å². The number of anilines is 1. The number of nitrogens with zero attached hydrogens (tertiary/aromatic N) is 2. The van der Waals surface area contributed by atoms with Gasteiger partial charge in [0.1, 0.15) is 0 Å². The van der Waals surface area contributed by atoms with Gasteiger partial charge in [0, 0.05) is 18.3 Å². The minimum atomic E-state index is 0.713. The molecule has 0 aromatic heterocycles. The van der Waals surface area contributed by atoms with Crippen LogP contribution in [0.15, 0.2) is 24.3 Å². The van der Waals surface area contributed by atoms with Gasteiger partial charge in [0.15, 0.2) is 0 Å². The summed E-state index contributed by atoms with van der Waals surface area (Å²) in [5.74, 6) is 0. The predicted molar refractivity (Wildman–Crippen MR) is 74.5 cm³/mol. The lowest BCUT2D eigenvalue weighted by atomic mass is 10.0. The molecule has 1 heterocycles. The maximum atomic E-state index is 8.84. The number of benzene rings is 1. The van der Waals surface area contributed by atoms with Crippen LogP contribution in [0.5, 0.6) is 0 Å². The van der Waals surface area contributed by atoms with Gasteiger partial charge >= 0.3 is 0 Å². The van der Waals surface area contributed by atoms with Crippen molar-refractivity contribution in [2.24, 2.45) is 0 Å². The van der Waals surface area contributed by atoms with Gasteiger partial charge in [0.05, 0.1) is 11.6 Å². The van der Waals surface area contributed by atoms with E-state index in [9.17, 15) is 0 Å². The lowest BCUT2D eigenvalue weighted by molar-refractivity contribution is 0.179. The van der Waals surface area contributed by atoms with E-state index in [2.05, 4.69) is 23.3 Å². The monoisotopic (exact) mass is 243 g/mol. The fourth-order valence-electron chi connectivity index (χ4n) is 2.59. The van der Waals surface area contributed by atoms with Gasteiger partial charge in [0.2, 0.25) is 0 Å². The Morgan fingerprint density at radius 3 is 3.11 bits per heavy atom. The van der Waals surface area contributed by atoms with Gasteiger partial charge in [-0.25, -0.2) is 0 Å². The molecule has 1 N–H and O–H groups in total. The molecule has 0 bridgehead atoms. The summed E-state index contributed by atoms with van der Waals surface area (Å²) in [6.07, 6.45) is 5.19. The summed E-state index contributed by atoms with van der Waals surface area (Å²) in [5.41, 5.74) is 1.77. The summed E-state index contributed by atoms with van der Waals surface area (Å²) in [4.78, 5) is 2.47. The Kier molecular flexibility index (Phi) is 4.60. The second-order valence-corrected chi connectivity index (χ2v) is 5.04. The molecule has 3 nitrogen and oxygen atoms in total. The molecule has 18 heavy (non-hydrogen) atoms. The molecule has 3 heteroatoms. The fourth-order valence-corrected chi connectivity index (χ4v) is 2.59. The van der Waals surface area contributed by atoms with Crippen molar-refractivity contribution in [1.29, 1.82) is 5.26 Å². The lowest BCUT2D eigenvalue weighted by Gasteiger charge is -2.32. The maximum Gasteiger partial charge on any atom is 0.0992 e. The molecule has 1 aromatic rings. The molecule has 1 unspecified atom stereocenters. The van der Waals surface area contributed by atoms with Crippen LogP contribution in [-0.4, -0.2) is 31.1 Å². The lowest BCUT2D eigenvalue weighted by Crippen LogP contribution is -2.37. The van der Waals surface area contributed by atoms with E-state index < -0.39 is 0 Å². The van der Waals surface area contributed by atoms with E-state index in [4.69, 9.17) is 5.26 Å². The number of hydrogen-bond donors (Lipinski definition) is 1. The topological polar surface area (TPSA) is 39.1 Å². The first-order chi connectivity index (χ1) is 8.79. The van der Waals surface area contributed by atoms with Crippen molar-refractivity contribution in [3.63, 3.8) is 0 Å². The smallest absolute Gasteiger partial charge is 0.0992 e. The van der Waals surface area contributed by atoms with E-state index in [0.29, 0.717) is 6.04 Å². The zero-order chi connectivity index (χ0) is 12.8. The van der Waals surface area contributed by atoms with Crippen LogP contribution in [0, 0.1) is 11.3 Å². The van der Waals surface area contributed by atoms with Gasteiger partial charge in [-0.1, -0.05) is 12.5 Å². The Bertz CT molecular complexity index is 422. The number of nitriles is 1. The Labute approximate surface area is 109 Å². The van der Waals surface area contributed by atoms with Gasteiger partial charge in [-0.3, -0.25) is 0 Å². The second kappa shape index (κ2) is 6.42. The van der Waals surface area contributed by atoms with Crippen molar-refractivity contribution < 1.29 is 0 Å². The van der Waals surface area contributed by atoms with Crippen molar-refractivity contribution in [3.05, 3.63) is 29.8 Å². The predicted octanol–water partition coefficient (Wildman–Crippen LogP) is 2.84. The number of rotatable bonds is 4. The average molecular weight is 243 g/mol. The molecule has 0 radical (unpaired) electrons. The highest BCUT2D eigenvalue weighted by Gasteiger charge is 2.17. The Hall–Kier alpha value is -1.53. The molecule has 1 aliphatic rings. The van der Waals surface area contributed by atoms with Crippen LogP contribution in [0.4, 0.5) is 5.69 Å². The first-order valence-corrected chi connectivity index (χ1v) is 6.74. The van der Waals surface area contributed by atoms with Crippen LogP contribution < -0.4 is 5.32 Å². The highest BCUT2D eigenvalue weighted by atomic mass is 15.1. The largest absolute Gasteiger partial charge is 0.385 e. The van der Waals surface area contributed by atoms with Gasteiger partial charge in [-0.15, -0.1) is 0 Å². The number of piperidine rings is 1. The minimum Gasteiger partial charge on any atom is -0.385 e. The molecule has 0 saturated carbocycles. The van der Waals surface area contributed by atoms with Gasteiger partial charge in [-0.2, -0.15) is 5.26 Å². The quantitative estimate of drug-likeness (QED) is 0.883. The number of likely N-dealkylation sites (tertiary alicyclic amines) is 1. The SMILES string of the molecule is CN1CCCCC1CCNc1cccc(C#N)c1. The third-order valence-electron chi connectivity index (χ3n) is 3.72. The van der Waals surface area contributed by atoms with Crippen molar-refractivity contribution in [1.82, 2.24) is 4.90 Å². The van der Waals surface area contributed by atoms with E-state index >= 15 is 0 Å². The molecule has 1 saturated heterocycles. The van der Waals surface area contributed by atoms with Crippen LogP contribution in [0.1, 0.15) is 31.2 Å². The highest BCUT2D eigenvalue weighted by molar-refractivity contribution is 5.48. The molecular weight excluding hydrogens is 222 g/mol. The van der Waals surface area contributed by atoms with Crippen molar-refractivity contribution >= 4 is 5.69 Å². The van der Waals surface area contributed by atoms with E-state index in [1.807, 2.05) is 24.3 Å². The Morgan fingerprint density at radius 2 is 2.33 bits per heavy atom. The van der Waals surface area contributed by atoms with Crippen molar-refractivity contribution in [3.8, 4) is 6.07 Å². The minimum absolute atomic E-state index is 0.713. The summed E-state index contributed by atoms with van der Waals surface area (Å²) < 4.78 is 0. The Balaban J connectivity index is 1.79. The Morgan fingerprint density at radius 1 is 1.44 bits per heavy atom. The highest BCUT2D eigenvalue weighted by Crippen LogP contribution is 2.18. The van der Waals surface area contributed by atoms with E-state index in [0.717, 1.165) is 17.8 Å². The molecule has 0 spiro atoms. The molecule has 1 fully saturated rings. The normalized spacial score (nSPS) is 20.3. The second-order valence-electron chi connectivity index (χ2n) is 5.04. The molecule has 1 atom stereocenters. The summed E-state index contributed by atoms with van der Waals surface area (Å²) in [6.45, 7) is 2.21.